The molecule has 0 radical (unpaired) electrons. The van der Waals surface area contributed by atoms with E-state index >= 15 is 0 Å². The molecule has 164 valence electrons. The first-order valence-corrected chi connectivity index (χ1v) is 9.91. The fourth-order valence-electron chi connectivity index (χ4n) is 3.32. The average Bonchev–Trinajstić information content (AvgIpc) is 3.34. The third-order valence-electron chi connectivity index (χ3n) is 4.61. The summed E-state index contributed by atoms with van der Waals surface area (Å²) in [6.07, 6.45) is -2.45. The minimum Gasteiger partial charge on any atom is -0.456 e. The number of ether oxygens (including phenoxy) is 3. The molecule has 6 nitrogen and oxygen atoms in total. The largest absolute Gasteiger partial charge is 0.456 e. The first kappa shape index (κ1) is 21.9. The van der Waals surface area contributed by atoms with Gasteiger partial charge in [-0.25, -0.2) is 9.67 Å². The van der Waals surface area contributed by atoms with Crippen LogP contribution in [0.2, 0.25) is 10.0 Å². The molecular formula is C20H16Cl2F3N3O3. The van der Waals surface area contributed by atoms with Gasteiger partial charge in [-0.05, 0) is 43.3 Å². The summed E-state index contributed by atoms with van der Waals surface area (Å²) < 4.78 is 60.7. The molecule has 0 saturated carbocycles. The fourth-order valence-corrected chi connectivity index (χ4v) is 3.77. The minimum atomic E-state index is -4.70. The van der Waals surface area contributed by atoms with Crippen molar-refractivity contribution in [3.8, 4) is 11.5 Å². The van der Waals surface area contributed by atoms with E-state index in [2.05, 4.69) is 10.1 Å². The topological polar surface area (TPSA) is 58.4 Å². The van der Waals surface area contributed by atoms with Crippen LogP contribution in [0.25, 0.3) is 0 Å². The number of alkyl halides is 3. The third-order valence-corrected chi connectivity index (χ3v) is 5.14. The summed E-state index contributed by atoms with van der Waals surface area (Å²) in [5.41, 5.74) is -1.14. The van der Waals surface area contributed by atoms with Crippen molar-refractivity contribution in [3.63, 3.8) is 0 Å². The Morgan fingerprint density at radius 1 is 1.23 bits per heavy atom. The van der Waals surface area contributed by atoms with Crippen LogP contribution in [-0.4, -0.2) is 27.5 Å². The van der Waals surface area contributed by atoms with E-state index < -0.39 is 23.6 Å². The molecule has 4 rings (SSSR count). The van der Waals surface area contributed by atoms with E-state index in [1.165, 1.54) is 47.7 Å². The predicted molar refractivity (Wildman–Crippen MR) is 106 cm³/mol. The molecule has 11 heteroatoms. The van der Waals surface area contributed by atoms with E-state index in [9.17, 15) is 13.2 Å². The quantitative estimate of drug-likeness (QED) is 0.476. The Morgan fingerprint density at radius 3 is 2.65 bits per heavy atom. The fraction of sp³-hybridized carbons (Fsp3) is 0.300. The Bertz CT molecular complexity index is 1080. The molecule has 2 aromatic carbocycles. The summed E-state index contributed by atoms with van der Waals surface area (Å²) in [4.78, 5) is 3.83. The van der Waals surface area contributed by atoms with Crippen LogP contribution in [0.3, 0.4) is 0 Å². The van der Waals surface area contributed by atoms with E-state index in [1.54, 1.807) is 6.92 Å². The predicted octanol–water partition coefficient (Wildman–Crippen LogP) is 5.68. The van der Waals surface area contributed by atoms with Crippen molar-refractivity contribution in [2.75, 3.05) is 6.61 Å². The maximum atomic E-state index is 14.1. The van der Waals surface area contributed by atoms with Gasteiger partial charge in [-0.1, -0.05) is 23.2 Å². The highest BCUT2D eigenvalue weighted by molar-refractivity contribution is 6.35. The van der Waals surface area contributed by atoms with E-state index in [0.29, 0.717) is 5.02 Å². The van der Waals surface area contributed by atoms with Crippen molar-refractivity contribution < 1.29 is 27.4 Å². The molecule has 31 heavy (non-hydrogen) atoms. The second kappa shape index (κ2) is 8.31. The van der Waals surface area contributed by atoms with Gasteiger partial charge in [0, 0.05) is 10.6 Å². The van der Waals surface area contributed by atoms with Gasteiger partial charge in [-0.15, -0.1) is 0 Å². The lowest BCUT2D eigenvalue weighted by Crippen LogP contribution is -2.36. The monoisotopic (exact) mass is 473 g/mol. The molecule has 1 aliphatic rings. The lowest BCUT2D eigenvalue weighted by atomic mass is 9.98. The second-order valence-corrected chi connectivity index (χ2v) is 7.81. The number of aromatic nitrogens is 3. The van der Waals surface area contributed by atoms with Crippen LogP contribution in [0.15, 0.2) is 49.1 Å². The zero-order chi connectivity index (χ0) is 22.2. The molecule has 2 heterocycles. The smallest absolute Gasteiger partial charge is 0.417 e. The highest BCUT2D eigenvalue weighted by Crippen LogP contribution is 2.45. The lowest BCUT2D eigenvalue weighted by Gasteiger charge is -2.30. The Balaban J connectivity index is 1.76. The van der Waals surface area contributed by atoms with Gasteiger partial charge in [0.25, 0.3) is 0 Å². The number of hydrogen-bond acceptors (Lipinski definition) is 5. The number of halogens is 5. The Labute approximate surface area is 185 Å². The highest BCUT2D eigenvalue weighted by Gasteiger charge is 2.48. The number of hydrogen-bond donors (Lipinski definition) is 0. The van der Waals surface area contributed by atoms with Crippen molar-refractivity contribution in [1.29, 1.82) is 0 Å². The van der Waals surface area contributed by atoms with Gasteiger partial charge in [-0.3, -0.25) is 0 Å². The van der Waals surface area contributed by atoms with E-state index in [-0.39, 0.29) is 35.2 Å². The van der Waals surface area contributed by atoms with Gasteiger partial charge in [0.05, 0.1) is 23.3 Å². The van der Waals surface area contributed by atoms with Crippen LogP contribution in [-0.2, 0) is 28.0 Å². The summed E-state index contributed by atoms with van der Waals surface area (Å²) >= 11 is 11.9. The lowest BCUT2D eigenvalue weighted by molar-refractivity contribution is -0.195. The number of rotatable bonds is 5. The van der Waals surface area contributed by atoms with Crippen molar-refractivity contribution in [3.05, 3.63) is 70.2 Å². The Kier molecular flexibility index (Phi) is 5.87. The zero-order valence-electron chi connectivity index (χ0n) is 16.1. The van der Waals surface area contributed by atoms with Gasteiger partial charge in [0.1, 0.15) is 30.7 Å². The molecule has 0 bridgehead atoms. The first-order chi connectivity index (χ1) is 14.7. The summed E-state index contributed by atoms with van der Waals surface area (Å²) in [5, 5.41) is 4.52. The molecule has 2 atom stereocenters. The van der Waals surface area contributed by atoms with E-state index in [0.717, 1.165) is 6.07 Å². The standard InChI is InChI=1S/C20H16Cl2F3N3O3/c1-12-8-29-19(31-12,9-28-11-26-10-27-28)15-4-3-14(7-16(15)20(23,24)25)30-18-5-2-13(21)6-17(18)22/h2-7,10-12H,8-9H2,1H3. The van der Waals surface area contributed by atoms with Crippen LogP contribution in [0.4, 0.5) is 13.2 Å². The van der Waals surface area contributed by atoms with Crippen LogP contribution in [0, 0.1) is 0 Å². The summed E-state index contributed by atoms with van der Waals surface area (Å²) in [7, 11) is 0. The number of benzene rings is 2. The molecule has 1 aliphatic heterocycles. The van der Waals surface area contributed by atoms with Gasteiger partial charge >= 0.3 is 6.18 Å². The molecule has 0 N–H and O–H groups in total. The van der Waals surface area contributed by atoms with E-state index in [4.69, 9.17) is 37.4 Å². The normalized spacial score (nSPS) is 21.4. The minimum absolute atomic E-state index is 0.0535. The third kappa shape index (κ3) is 4.64. The number of nitrogens with zero attached hydrogens (tertiary/aromatic N) is 3. The Morgan fingerprint density at radius 2 is 2.03 bits per heavy atom. The van der Waals surface area contributed by atoms with Crippen LogP contribution in [0.1, 0.15) is 18.1 Å². The summed E-state index contributed by atoms with van der Waals surface area (Å²) in [6.45, 7) is 1.74. The highest BCUT2D eigenvalue weighted by atomic mass is 35.5. The van der Waals surface area contributed by atoms with Crippen LogP contribution < -0.4 is 4.74 Å². The van der Waals surface area contributed by atoms with Crippen molar-refractivity contribution in [2.45, 2.75) is 31.5 Å². The van der Waals surface area contributed by atoms with Gasteiger partial charge in [0.2, 0.25) is 5.79 Å². The molecule has 1 saturated heterocycles. The molecule has 1 aromatic heterocycles. The van der Waals surface area contributed by atoms with E-state index in [1.807, 2.05) is 0 Å². The molecule has 2 unspecified atom stereocenters. The van der Waals surface area contributed by atoms with Crippen LogP contribution >= 0.6 is 23.2 Å². The first-order valence-electron chi connectivity index (χ1n) is 9.15. The molecule has 1 fully saturated rings. The summed E-state index contributed by atoms with van der Waals surface area (Å²) in [5.74, 6) is -1.57. The molecule has 0 spiro atoms. The molecular weight excluding hydrogens is 458 g/mol. The van der Waals surface area contributed by atoms with Crippen molar-refractivity contribution >= 4 is 23.2 Å². The summed E-state index contributed by atoms with van der Waals surface area (Å²) in [6, 6.07) is 8.00. The van der Waals surface area contributed by atoms with Crippen LogP contribution in [0.5, 0.6) is 11.5 Å². The van der Waals surface area contributed by atoms with Crippen molar-refractivity contribution in [1.82, 2.24) is 14.8 Å². The van der Waals surface area contributed by atoms with Gasteiger partial charge in [0.15, 0.2) is 0 Å². The maximum Gasteiger partial charge on any atom is 0.417 e. The second-order valence-electron chi connectivity index (χ2n) is 6.97. The Hall–Kier alpha value is -2.33. The van der Waals surface area contributed by atoms with Gasteiger partial charge < -0.3 is 14.2 Å². The average molecular weight is 474 g/mol. The molecule has 0 aliphatic carbocycles. The molecule has 0 amide bonds. The zero-order valence-corrected chi connectivity index (χ0v) is 17.6. The van der Waals surface area contributed by atoms with Gasteiger partial charge in [-0.2, -0.15) is 18.3 Å². The maximum absolute atomic E-state index is 14.1. The van der Waals surface area contributed by atoms with Crippen molar-refractivity contribution in [2.24, 2.45) is 0 Å². The SMILES string of the molecule is CC1COC(Cn2cncn2)(c2ccc(Oc3ccc(Cl)cc3Cl)cc2C(F)(F)F)O1. The molecule has 3 aromatic rings.